The van der Waals surface area contributed by atoms with E-state index in [9.17, 15) is 22.8 Å². The number of carbonyl (C=O) groups is 2. The lowest BCUT2D eigenvalue weighted by Crippen LogP contribution is -2.62. The van der Waals surface area contributed by atoms with Gasteiger partial charge in [-0.2, -0.15) is 0 Å². The fourth-order valence-electron chi connectivity index (χ4n) is 6.84. The van der Waals surface area contributed by atoms with E-state index in [1.54, 1.807) is 30.7 Å². The predicted molar refractivity (Wildman–Crippen MR) is 188 cm³/mol. The Labute approximate surface area is 305 Å². The van der Waals surface area contributed by atoms with Gasteiger partial charge in [0.1, 0.15) is 25.1 Å². The molecule has 1 N–H and O–H groups in total. The zero-order valence-electron chi connectivity index (χ0n) is 29.4. The van der Waals surface area contributed by atoms with Crippen LogP contribution in [-0.2, 0) is 19.8 Å². The molecule has 276 valence electrons. The molecule has 0 spiro atoms. The highest BCUT2D eigenvalue weighted by Crippen LogP contribution is 2.39. The third-order valence-corrected chi connectivity index (χ3v) is 9.34. The number of aromatic nitrogens is 3. The number of carbonyl (C=O) groups excluding carboxylic acids is 2. The Morgan fingerprint density at radius 3 is 1.75 bits per heavy atom. The van der Waals surface area contributed by atoms with Crippen LogP contribution in [0.15, 0.2) is 115 Å². The Balaban J connectivity index is 1.34. The van der Waals surface area contributed by atoms with E-state index >= 15 is 0 Å². The Kier molecular flexibility index (Phi) is 11.5. The van der Waals surface area contributed by atoms with Crippen LogP contribution in [0.5, 0.6) is 11.6 Å². The number of benzene rings is 4. The van der Waals surface area contributed by atoms with E-state index in [4.69, 9.17) is 19.4 Å². The van der Waals surface area contributed by atoms with Crippen molar-refractivity contribution in [2.24, 2.45) is 5.92 Å². The summed E-state index contributed by atoms with van der Waals surface area (Å²) in [5.41, 5.74) is 2.27. The third-order valence-electron chi connectivity index (χ3n) is 9.34. The molecule has 5 aromatic rings. The molecule has 1 heterocycles. The third kappa shape index (κ3) is 8.54. The number of nitrogens with one attached hydrogen (secondary N) is 1. The fraction of sp³-hybridized carbons (Fsp3) is 0.317. The van der Waals surface area contributed by atoms with E-state index in [-0.39, 0.29) is 48.5 Å². The molecule has 53 heavy (non-hydrogen) atoms. The van der Waals surface area contributed by atoms with Crippen molar-refractivity contribution in [1.29, 1.82) is 0 Å². The van der Waals surface area contributed by atoms with Crippen molar-refractivity contribution in [1.82, 2.24) is 10.3 Å². The Bertz CT molecular complexity index is 1850. The minimum Gasteiger partial charge on any atom is -0.462 e. The second-order valence-corrected chi connectivity index (χ2v) is 13.2. The van der Waals surface area contributed by atoms with Gasteiger partial charge in [-0.3, -0.25) is 4.79 Å². The van der Waals surface area contributed by atoms with Crippen molar-refractivity contribution in [3.8, 4) is 11.6 Å². The molecular weight excluding hydrogens is 687 g/mol. The Hall–Kier alpha value is -5.65. The predicted octanol–water partition coefficient (Wildman–Crippen LogP) is 7.90. The van der Waals surface area contributed by atoms with Crippen molar-refractivity contribution < 1.29 is 46.4 Å². The molecule has 0 atom stereocenters. The quantitative estimate of drug-likeness (QED) is 0.0569. The van der Waals surface area contributed by atoms with E-state index < -0.39 is 23.8 Å². The minimum absolute atomic E-state index is 0.0409. The fourth-order valence-corrected chi connectivity index (χ4v) is 6.84. The molecule has 1 aliphatic carbocycles. The summed E-state index contributed by atoms with van der Waals surface area (Å²) in [7, 11) is 0. The SMILES string of the molecule is CC(C)C(=O)OCCOC(=O)c1c(OC2CCC(c3ccc(OC(F)(F)F)cc3)CC2)[nH]n[n+]1C(c1ccccc1)(c1ccccc1)c1ccccc1. The summed E-state index contributed by atoms with van der Waals surface area (Å²) in [5, 5.41) is 7.78. The number of halogens is 3. The van der Waals surface area contributed by atoms with Crippen LogP contribution < -0.4 is 14.2 Å². The molecule has 9 nitrogen and oxygen atoms in total. The minimum atomic E-state index is -4.75. The highest BCUT2D eigenvalue weighted by molar-refractivity contribution is 5.88. The van der Waals surface area contributed by atoms with Gasteiger partial charge in [0.25, 0.3) is 0 Å². The molecule has 0 bridgehead atoms. The maximum absolute atomic E-state index is 14.3. The number of H-pyrrole nitrogens is 1. The highest BCUT2D eigenvalue weighted by atomic mass is 19.4. The van der Waals surface area contributed by atoms with E-state index in [0.717, 1.165) is 22.3 Å². The summed E-state index contributed by atoms with van der Waals surface area (Å²) >= 11 is 0. The first-order valence-electron chi connectivity index (χ1n) is 17.6. The first kappa shape index (κ1) is 37.1. The molecule has 1 aromatic heterocycles. The van der Waals surface area contributed by atoms with Gasteiger partial charge in [-0.05, 0) is 49.3 Å². The van der Waals surface area contributed by atoms with E-state index in [1.165, 1.54) is 12.1 Å². The molecular formula is C41H41F3N3O6+. The van der Waals surface area contributed by atoms with Gasteiger partial charge in [0.2, 0.25) is 5.54 Å². The number of ether oxygens (including phenoxy) is 4. The lowest BCUT2D eigenvalue weighted by atomic mass is 9.77. The van der Waals surface area contributed by atoms with Crippen molar-refractivity contribution in [2.45, 2.75) is 63.5 Å². The number of alkyl halides is 3. The Morgan fingerprint density at radius 2 is 1.26 bits per heavy atom. The molecule has 0 radical (unpaired) electrons. The van der Waals surface area contributed by atoms with Gasteiger partial charge >= 0.3 is 29.9 Å². The maximum Gasteiger partial charge on any atom is 0.573 e. The Morgan fingerprint density at radius 1 is 0.755 bits per heavy atom. The number of nitrogens with zero attached hydrogens (tertiary/aromatic N) is 2. The van der Waals surface area contributed by atoms with Gasteiger partial charge < -0.3 is 18.9 Å². The topological polar surface area (TPSA) is 104 Å². The number of esters is 2. The smallest absolute Gasteiger partial charge is 0.462 e. The van der Waals surface area contributed by atoms with E-state index in [1.807, 2.05) is 91.0 Å². The van der Waals surface area contributed by atoms with Crippen LogP contribution in [0.3, 0.4) is 0 Å². The molecule has 6 rings (SSSR count). The zero-order chi connectivity index (χ0) is 37.4. The van der Waals surface area contributed by atoms with Gasteiger partial charge in [-0.1, -0.05) is 122 Å². The van der Waals surface area contributed by atoms with Crippen LogP contribution in [0.2, 0.25) is 0 Å². The van der Waals surface area contributed by atoms with Gasteiger partial charge in [-0.15, -0.1) is 18.3 Å². The summed E-state index contributed by atoms with van der Waals surface area (Å²) in [6.45, 7) is 3.14. The molecule has 4 aromatic carbocycles. The van der Waals surface area contributed by atoms with Crippen LogP contribution in [0.25, 0.3) is 0 Å². The van der Waals surface area contributed by atoms with E-state index in [0.29, 0.717) is 25.7 Å². The van der Waals surface area contributed by atoms with Crippen molar-refractivity contribution in [3.63, 3.8) is 0 Å². The van der Waals surface area contributed by atoms with Crippen LogP contribution in [0.4, 0.5) is 13.2 Å². The molecule has 0 saturated heterocycles. The summed E-state index contributed by atoms with van der Waals surface area (Å²) in [5.74, 6) is -1.49. The normalized spacial score (nSPS) is 16.2. The second kappa shape index (κ2) is 16.4. The number of aromatic amines is 1. The molecule has 1 aliphatic rings. The van der Waals surface area contributed by atoms with Crippen molar-refractivity contribution in [2.75, 3.05) is 13.2 Å². The second-order valence-electron chi connectivity index (χ2n) is 13.2. The molecule has 1 saturated carbocycles. The summed E-state index contributed by atoms with van der Waals surface area (Å²) in [6, 6.07) is 35.2. The van der Waals surface area contributed by atoms with Gasteiger partial charge in [-0.25, -0.2) is 4.79 Å². The van der Waals surface area contributed by atoms with Gasteiger partial charge in [0, 0.05) is 16.7 Å². The van der Waals surface area contributed by atoms with Crippen molar-refractivity contribution >= 4 is 11.9 Å². The number of rotatable bonds is 13. The maximum atomic E-state index is 14.3. The monoisotopic (exact) mass is 728 g/mol. The van der Waals surface area contributed by atoms with Gasteiger partial charge in [0.05, 0.1) is 11.1 Å². The summed E-state index contributed by atoms with van der Waals surface area (Å²) in [6.07, 6.45) is -2.40. The number of hydrogen-bond donors (Lipinski definition) is 1. The largest absolute Gasteiger partial charge is 0.573 e. The van der Waals surface area contributed by atoms with Crippen LogP contribution in [0, 0.1) is 5.92 Å². The first-order valence-corrected chi connectivity index (χ1v) is 17.6. The molecule has 0 aliphatic heterocycles. The van der Waals surface area contributed by atoms with Crippen LogP contribution >= 0.6 is 0 Å². The van der Waals surface area contributed by atoms with Crippen molar-refractivity contribution in [3.05, 3.63) is 143 Å². The standard InChI is InChI=1S/C41H40F3N3O6/c1-28(2)38(48)50-26-27-51-39(49)36-37(52-34-22-18-29(19-23-34)30-20-24-35(25-21-30)53-41(42,43)44)45-46-47(36)40(31-12-6-3-7-13-31,32-14-8-4-9-15-32)33-16-10-5-11-17-33/h3-17,20-21,24-25,28-29,34H,18-19,22-23,26-27H2,1-2H3/p+1. The molecule has 1 fully saturated rings. The van der Waals surface area contributed by atoms with Crippen LogP contribution in [0.1, 0.15) is 78.2 Å². The summed E-state index contributed by atoms with van der Waals surface area (Å²) in [4.78, 5) is 26.3. The summed E-state index contributed by atoms with van der Waals surface area (Å²) < 4.78 is 61.2. The van der Waals surface area contributed by atoms with Crippen LogP contribution in [-0.4, -0.2) is 47.9 Å². The first-order chi connectivity index (χ1) is 25.6. The molecule has 0 unspecified atom stereocenters. The van der Waals surface area contributed by atoms with Gasteiger partial charge in [0.15, 0.2) is 0 Å². The lowest BCUT2D eigenvalue weighted by Gasteiger charge is -2.31. The molecule has 0 amide bonds. The number of hydrogen-bond acceptors (Lipinski definition) is 7. The average molecular weight is 729 g/mol. The van der Waals surface area contributed by atoms with E-state index in [2.05, 4.69) is 9.84 Å². The molecule has 12 heteroatoms. The average Bonchev–Trinajstić information content (AvgIpc) is 3.58. The lowest BCUT2D eigenvalue weighted by molar-refractivity contribution is -0.789. The highest BCUT2D eigenvalue weighted by Gasteiger charge is 2.50. The zero-order valence-corrected chi connectivity index (χ0v) is 29.4.